The number of pyridine rings is 3. The summed E-state index contributed by atoms with van der Waals surface area (Å²) in [5.74, 6) is -2.24. The quantitative estimate of drug-likeness (QED) is 0.186. The minimum Gasteiger partial charge on any atom is -0.478 e. The van der Waals surface area contributed by atoms with Gasteiger partial charge in [0.15, 0.2) is 0 Å². The van der Waals surface area contributed by atoms with Gasteiger partial charge in [-0.1, -0.05) is 0 Å². The van der Waals surface area contributed by atoms with E-state index < -0.39 is 11.9 Å². The Hall–Kier alpha value is -4.51. The number of aryl methyl sites for hydroxylation is 3. The second-order valence-electron chi connectivity index (χ2n) is 9.83. The molecular formula is C32H23N3O4S3. The lowest BCUT2D eigenvalue weighted by Gasteiger charge is -2.08. The van der Waals surface area contributed by atoms with E-state index in [2.05, 4.69) is 59.3 Å². The number of thiophene rings is 3. The van der Waals surface area contributed by atoms with Crippen molar-refractivity contribution in [2.45, 2.75) is 20.8 Å². The number of nitrogens with zero attached hydrogens (tertiary/aromatic N) is 3. The molecule has 0 radical (unpaired) electrons. The molecule has 0 unspecified atom stereocenters. The van der Waals surface area contributed by atoms with Gasteiger partial charge in [0.05, 0.1) is 33.9 Å². The highest BCUT2D eigenvalue weighted by molar-refractivity contribution is 7.27. The summed E-state index contributed by atoms with van der Waals surface area (Å²) < 4.78 is 0. The predicted octanol–water partition coefficient (Wildman–Crippen LogP) is 8.71. The summed E-state index contributed by atoms with van der Waals surface area (Å²) in [6.45, 7) is 6.39. The molecule has 0 bridgehead atoms. The highest BCUT2D eigenvalue weighted by Gasteiger charge is 2.18. The van der Waals surface area contributed by atoms with Crippen LogP contribution in [-0.4, -0.2) is 37.1 Å². The van der Waals surface area contributed by atoms with Gasteiger partial charge >= 0.3 is 11.9 Å². The lowest BCUT2D eigenvalue weighted by Crippen LogP contribution is -2.02. The molecule has 7 nitrogen and oxygen atoms in total. The monoisotopic (exact) mass is 609 g/mol. The molecule has 0 spiro atoms. The van der Waals surface area contributed by atoms with E-state index in [0.29, 0.717) is 11.4 Å². The van der Waals surface area contributed by atoms with Crippen LogP contribution < -0.4 is 0 Å². The van der Waals surface area contributed by atoms with Gasteiger partial charge in [-0.2, -0.15) is 0 Å². The Morgan fingerprint density at radius 1 is 0.643 bits per heavy atom. The first-order valence-corrected chi connectivity index (χ1v) is 15.4. The van der Waals surface area contributed by atoms with Gasteiger partial charge in [0.25, 0.3) is 0 Å². The van der Waals surface area contributed by atoms with Crippen LogP contribution in [0.4, 0.5) is 0 Å². The maximum Gasteiger partial charge on any atom is 0.335 e. The Bertz CT molecular complexity index is 2000. The van der Waals surface area contributed by atoms with Crippen LogP contribution in [0.1, 0.15) is 37.4 Å². The van der Waals surface area contributed by atoms with E-state index in [1.165, 1.54) is 66.7 Å². The van der Waals surface area contributed by atoms with Gasteiger partial charge in [-0.05, 0) is 103 Å². The van der Waals surface area contributed by atoms with E-state index in [-0.39, 0.29) is 22.5 Å². The van der Waals surface area contributed by atoms with Crippen LogP contribution in [0.5, 0.6) is 0 Å². The first kappa shape index (κ1) is 27.6. The molecule has 0 amide bonds. The minimum atomic E-state index is -1.13. The Kier molecular flexibility index (Phi) is 7.28. The molecule has 42 heavy (non-hydrogen) atoms. The maximum atomic E-state index is 12.0. The molecule has 0 fully saturated rings. The molecule has 0 aliphatic carbocycles. The molecule has 0 saturated heterocycles. The van der Waals surface area contributed by atoms with Crippen LogP contribution in [0.15, 0.2) is 72.4 Å². The van der Waals surface area contributed by atoms with Crippen molar-refractivity contribution in [2.24, 2.45) is 0 Å². The van der Waals surface area contributed by atoms with E-state index in [0.717, 1.165) is 10.4 Å². The summed E-state index contributed by atoms with van der Waals surface area (Å²) in [5.41, 5.74) is 6.06. The summed E-state index contributed by atoms with van der Waals surface area (Å²) in [6, 6.07) is 16.1. The van der Waals surface area contributed by atoms with E-state index >= 15 is 0 Å². The Morgan fingerprint density at radius 3 is 1.86 bits per heavy atom. The third-order valence-corrected chi connectivity index (χ3v) is 10.6. The Labute approximate surface area is 253 Å². The average Bonchev–Trinajstić information content (AvgIpc) is 3.70. The lowest BCUT2D eigenvalue weighted by molar-refractivity contribution is 0.0686. The number of hydrogen-bond donors (Lipinski definition) is 2. The fraction of sp³-hybridized carbons (Fsp3) is 0.0938. The van der Waals surface area contributed by atoms with E-state index in [1.807, 2.05) is 23.5 Å². The Balaban J connectivity index is 1.38. The summed E-state index contributed by atoms with van der Waals surface area (Å²) in [5, 5.41) is 21.3. The van der Waals surface area contributed by atoms with Crippen LogP contribution in [0, 0.1) is 20.8 Å². The van der Waals surface area contributed by atoms with Crippen molar-refractivity contribution in [3.63, 3.8) is 0 Å². The molecular weight excluding hydrogens is 587 g/mol. The molecule has 0 aromatic carbocycles. The zero-order valence-corrected chi connectivity index (χ0v) is 25.2. The largest absolute Gasteiger partial charge is 0.478 e. The smallest absolute Gasteiger partial charge is 0.335 e. The second-order valence-corrected chi connectivity index (χ2v) is 12.8. The van der Waals surface area contributed by atoms with Gasteiger partial charge in [0.2, 0.25) is 0 Å². The molecule has 0 atom stereocenters. The highest BCUT2D eigenvalue weighted by atomic mass is 32.1. The molecule has 6 aromatic heterocycles. The van der Waals surface area contributed by atoms with Gasteiger partial charge in [-0.15, -0.1) is 34.0 Å². The van der Waals surface area contributed by atoms with E-state index in [9.17, 15) is 19.8 Å². The van der Waals surface area contributed by atoms with Crippen molar-refractivity contribution in [3.05, 3.63) is 100 Å². The van der Waals surface area contributed by atoms with E-state index in [4.69, 9.17) is 0 Å². The SMILES string of the molecule is Cc1csc(-c2sc(-c3sc(-c4ccnc(-c5cc(C(=O)O)cc(-c6cc(C(=O)O)ccn6)n5)c4)cc3C)cc2C)c1. The average molecular weight is 610 g/mol. The normalized spacial score (nSPS) is 11.1. The van der Waals surface area contributed by atoms with Gasteiger partial charge in [0.1, 0.15) is 0 Å². The van der Waals surface area contributed by atoms with Gasteiger partial charge in [0, 0.05) is 36.8 Å². The molecule has 10 heteroatoms. The van der Waals surface area contributed by atoms with Gasteiger partial charge < -0.3 is 10.2 Å². The topological polar surface area (TPSA) is 113 Å². The molecule has 2 N–H and O–H groups in total. The molecule has 0 aliphatic rings. The van der Waals surface area contributed by atoms with Crippen LogP contribution in [-0.2, 0) is 0 Å². The molecule has 0 saturated carbocycles. The summed E-state index contributed by atoms with van der Waals surface area (Å²) >= 11 is 5.29. The van der Waals surface area contributed by atoms with Crippen molar-refractivity contribution in [1.29, 1.82) is 0 Å². The first-order chi connectivity index (χ1) is 20.2. The van der Waals surface area contributed by atoms with Crippen LogP contribution in [0.2, 0.25) is 0 Å². The van der Waals surface area contributed by atoms with Gasteiger partial charge in [-0.25, -0.2) is 14.6 Å². The number of carbonyl (C=O) groups is 2. The van der Waals surface area contributed by atoms with Gasteiger partial charge in [-0.3, -0.25) is 9.97 Å². The number of aromatic carboxylic acids is 2. The lowest BCUT2D eigenvalue weighted by atomic mass is 10.1. The Morgan fingerprint density at radius 2 is 1.21 bits per heavy atom. The van der Waals surface area contributed by atoms with Crippen molar-refractivity contribution in [1.82, 2.24) is 15.0 Å². The van der Waals surface area contributed by atoms with Crippen LogP contribution >= 0.6 is 34.0 Å². The fourth-order valence-corrected chi connectivity index (χ4v) is 8.19. The number of hydrogen-bond acceptors (Lipinski definition) is 8. The minimum absolute atomic E-state index is 0.00351. The zero-order chi connectivity index (χ0) is 29.5. The summed E-state index contributed by atoms with van der Waals surface area (Å²) in [6.07, 6.45) is 3.05. The molecule has 208 valence electrons. The summed E-state index contributed by atoms with van der Waals surface area (Å²) in [7, 11) is 0. The zero-order valence-electron chi connectivity index (χ0n) is 22.7. The molecule has 6 aromatic rings. The van der Waals surface area contributed by atoms with Crippen molar-refractivity contribution in [3.8, 4) is 52.7 Å². The van der Waals surface area contributed by atoms with Crippen LogP contribution in [0.3, 0.4) is 0 Å². The first-order valence-electron chi connectivity index (χ1n) is 12.8. The third-order valence-electron chi connectivity index (χ3n) is 6.66. The number of carboxylic acids is 2. The number of rotatable bonds is 7. The number of aromatic nitrogens is 3. The predicted molar refractivity (Wildman–Crippen MR) is 169 cm³/mol. The number of carboxylic acid groups (broad SMARTS) is 2. The third kappa shape index (κ3) is 5.39. The van der Waals surface area contributed by atoms with Crippen molar-refractivity contribution < 1.29 is 19.8 Å². The summed E-state index contributed by atoms with van der Waals surface area (Å²) in [4.78, 5) is 42.9. The van der Waals surface area contributed by atoms with Crippen molar-refractivity contribution in [2.75, 3.05) is 0 Å². The highest BCUT2D eigenvalue weighted by Crippen LogP contribution is 2.45. The molecule has 6 rings (SSSR count). The molecule has 0 aliphatic heterocycles. The maximum absolute atomic E-state index is 12.0. The standard InChI is InChI=1S/C32H23N3O4S3/c1-16-8-27(40-15-16)29-18(3)10-28(42-29)30-17(2)9-26(41-30)19-4-6-33-22(11-19)24-13-21(32(38)39)14-25(35-24)23-12-20(31(36)37)5-7-34-23/h4-15H,1-3H3,(H,36,37)(H,38,39). The fourth-order valence-electron chi connectivity index (χ4n) is 4.60. The van der Waals surface area contributed by atoms with Crippen LogP contribution in [0.25, 0.3) is 52.7 Å². The molecule has 6 heterocycles. The van der Waals surface area contributed by atoms with Crippen molar-refractivity contribution >= 4 is 45.9 Å². The van der Waals surface area contributed by atoms with E-state index in [1.54, 1.807) is 28.9 Å². The second kappa shape index (κ2) is 11.1.